The summed E-state index contributed by atoms with van der Waals surface area (Å²) in [6, 6.07) is 9.35. The van der Waals surface area contributed by atoms with Crippen LogP contribution < -0.4 is 14.8 Å². The summed E-state index contributed by atoms with van der Waals surface area (Å²) in [5.41, 5.74) is 3.05. The summed E-state index contributed by atoms with van der Waals surface area (Å²) in [4.78, 5) is 32.8. The quantitative estimate of drug-likeness (QED) is 0.747. The molecular weight excluding hydrogens is 384 g/mol. The van der Waals surface area contributed by atoms with Crippen molar-refractivity contribution in [2.75, 3.05) is 46.2 Å². The van der Waals surface area contributed by atoms with Gasteiger partial charge in [-0.25, -0.2) is 4.98 Å². The SMILES string of the molecule is COc1cc2c(cc1OC)CN(C(=O)CN(C)CC(=O)Nc1cccc(C)n1)CC2. The minimum atomic E-state index is -0.204. The van der Waals surface area contributed by atoms with Crippen molar-refractivity contribution in [2.24, 2.45) is 0 Å². The molecule has 1 N–H and O–H groups in total. The Morgan fingerprint density at radius 3 is 2.50 bits per heavy atom. The second kappa shape index (κ2) is 9.58. The molecule has 8 heteroatoms. The van der Waals surface area contributed by atoms with E-state index in [1.54, 1.807) is 32.2 Å². The van der Waals surface area contributed by atoms with Gasteiger partial charge in [0.25, 0.3) is 0 Å². The number of carbonyl (C=O) groups is 2. The average molecular weight is 412 g/mol. The number of aromatic nitrogens is 1. The Hall–Kier alpha value is -3.13. The van der Waals surface area contributed by atoms with Gasteiger partial charge in [-0.05, 0) is 55.8 Å². The van der Waals surface area contributed by atoms with Crippen LogP contribution in [-0.2, 0) is 22.6 Å². The number of hydrogen-bond donors (Lipinski definition) is 1. The number of amides is 2. The van der Waals surface area contributed by atoms with E-state index in [0.717, 1.165) is 23.2 Å². The van der Waals surface area contributed by atoms with Crippen LogP contribution in [0.25, 0.3) is 0 Å². The van der Waals surface area contributed by atoms with Crippen molar-refractivity contribution in [1.29, 1.82) is 0 Å². The summed E-state index contributed by atoms with van der Waals surface area (Å²) in [6.07, 6.45) is 0.755. The number of nitrogens with zero attached hydrogens (tertiary/aromatic N) is 3. The van der Waals surface area contributed by atoms with E-state index in [1.807, 2.05) is 36.1 Å². The van der Waals surface area contributed by atoms with Gasteiger partial charge in [0.1, 0.15) is 5.82 Å². The Bertz CT molecular complexity index is 931. The van der Waals surface area contributed by atoms with Crippen LogP contribution in [-0.4, -0.2) is 67.5 Å². The highest BCUT2D eigenvalue weighted by Gasteiger charge is 2.24. The first-order chi connectivity index (χ1) is 14.4. The lowest BCUT2D eigenvalue weighted by atomic mass is 9.98. The number of carbonyl (C=O) groups excluding carboxylic acids is 2. The Morgan fingerprint density at radius 1 is 1.13 bits per heavy atom. The maximum atomic E-state index is 12.8. The summed E-state index contributed by atoms with van der Waals surface area (Å²) < 4.78 is 10.7. The summed E-state index contributed by atoms with van der Waals surface area (Å²) >= 11 is 0. The first-order valence-electron chi connectivity index (χ1n) is 9.83. The number of benzene rings is 1. The molecule has 160 valence electrons. The van der Waals surface area contributed by atoms with Gasteiger partial charge in [0.15, 0.2) is 11.5 Å². The van der Waals surface area contributed by atoms with Crippen molar-refractivity contribution in [3.05, 3.63) is 47.2 Å². The van der Waals surface area contributed by atoms with Gasteiger partial charge < -0.3 is 19.7 Å². The number of pyridine rings is 1. The number of aryl methyl sites for hydroxylation is 1. The van der Waals surface area contributed by atoms with Gasteiger partial charge in [0.05, 0.1) is 27.3 Å². The zero-order chi connectivity index (χ0) is 21.7. The van der Waals surface area contributed by atoms with Gasteiger partial charge in [-0.1, -0.05) is 6.07 Å². The van der Waals surface area contributed by atoms with Crippen LogP contribution in [0.3, 0.4) is 0 Å². The van der Waals surface area contributed by atoms with E-state index >= 15 is 0 Å². The highest BCUT2D eigenvalue weighted by atomic mass is 16.5. The van der Waals surface area contributed by atoms with Gasteiger partial charge in [-0.3, -0.25) is 14.5 Å². The molecule has 30 heavy (non-hydrogen) atoms. The number of likely N-dealkylation sites (N-methyl/N-ethyl adjacent to an activating group) is 1. The normalized spacial score (nSPS) is 13.0. The number of hydrogen-bond acceptors (Lipinski definition) is 6. The summed E-state index contributed by atoms with van der Waals surface area (Å²) in [6.45, 7) is 3.29. The minimum absolute atomic E-state index is 0.0144. The average Bonchev–Trinajstić information content (AvgIpc) is 2.71. The lowest BCUT2D eigenvalue weighted by Gasteiger charge is -2.31. The van der Waals surface area contributed by atoms with Crippen molar-refractivity contribution >= 4 is 17.6 Å². The summed E-state index contributed by atoms with van der Waals surface area (Å²) in [5, 5.41) is 2.76. The van der Waals surface area contributed by atoms with Crippen LogP contribution in [0.1, 0.15) is 16.8 Å². The van der Waals surface area contributed by atoms with Crippen molar-refractivity contribution < 1.29 is 19.1 Å². The standard InChI is InChI=1S/C22H28N4O4/c1-15-6-5-7-20(23-15)24-21(27)13-25(2)14-22(28)26-9-8-16-10-18(29-3)19(30-4)11-17(16)12-26/h5-7,10-11H,8-9,12-14H2,1-4H3,(H,23,24,27). The predicted octanol–water partition coefficient (Wildman–Crippen LogP) is 1.86. The molecule has 2 amide bonds. The molecule has 2 heterocycles. The number of methoxy groups -OCH3 is 2. The third kappa shape index (κ3) is 5.27. The Morgan fingerprint density at radius 2 is 1.83 bits per heavy atom. The summed E-state index contributed by atoms with van der Waals surface area (Å²) in [7, 11) is 4.97. The third-order valence-electron chi connectivity index (χ3n) is 5.05. The number of anilines is 1. The molecule has 0 radical (unpaired) electrons. The molecule has 1 aliphatic rings. The van der Waals surface area contributed by atoms with Crippen LogP contribution >= 0.6 is 0 Å². The van der Waals surface area contributed by atoms with Crippen molar-refractivity contribution in [2.45, 2.75) is 19.9 Å². The molecule has 2 aromatic rings. The Balaban J connectivity index is 1.55. The zero-order valence-electron chi connectivity index (χ0n) is 17.9. The van der Waals surface area contributed by atoms with E-state index in [1.165, 1.54) is 0 Å². The second-order valence-corrected chi connectivity index (χ2v) is 7.43. The molecular formula is C22H28N4O4. The molecule has 0 atom stereocenters. The fourth-order valence-electron chi connectivity index (χ4n) is 3.52. The summed E-state index contributed by atoms with van der Waals surface area (Å²) in [5.74, 6) is 1.65. The monoisotopic (exact) mass is 412 g/mol. The molecule has 0 aliphatic carbocycles. The molecule has 0 bridgehead atoms. The van der Waals surface area contributed by atoms with Gasteiger partial charge in [-0.2, -0.15) is 0 Å². The highest BCUT2D eigenvalue weighted by Crippen LogP contribution is 2.33. The molecule has 0 unspecified atom stereocenters. The molecule has 1 aliphatic heterocycles. The lowest BCUT2D eigenvalue weighted by molar-refractivity contribution is -0.133. The van der Waals surface area contributed by atoms with Gasteiger partial charge in [-0.15, -0.1) is 0 Å². The molecule has 0 spiro atoms. The van der Waals surface area contributed by atoms with Crippen molar-refractivity contribution in [1.82, 2.24) is 14.8 Å². The van der Waals surface area contributed by atoms with Gasteiger partial charge in [0, 0.05) is 18.8 Å². The van der Waals surface area contributed by atoms with Crippen molar-refractivity contribution in [3.8, 4) is 11.5 Å². The van der Waals surface area contributed by atoms with Crippen LogP contribution in [0, 0.1) is 6.92 Å². The number of rotatable bonds is 7. The number of ether oxygens (including phenoxy) is 2. The van der Waals surface area contributed by atoms with Gasteiger partial charge in [0.2, 0.25) is 11.8 Å². The topological polar surface area (TPSA) is 84.0 Å². The maximum Gasteiger partial charge on any atom is 0.239 e. The molecule has 8 nitrogen and oxygen atoms in total. The molecule has 1 aromatic carbocycles. The largest absolute Gasteiger partial charge is 0.493 e. The highest BCUT2D eigenvalue weighted by molar-refractivity contribution is 5.91. The van der Waals surface area contributed by atoms with E-state index in [9.17, 15) is 9.59 Å². The van der Waals surface area contributed by atoms with E-state index in [0.29, 0.717) is 30.4 Å². The van der Waals surface area contributed by atoms with Crippen molar-refractivity contribution in [3.63, 3.8) is 0 Å². The first kappa shape index (κ1) is 21.6. The molecule has 0 saturated carbocycles. The molecule has 0 fully saturated rings. The van der Waals surface area contributed by atoms with E-state index in [2.05, 4.69) is 10.3 Å². The fraction of sp³-hybridized carbons (Fsp3) is 0.409. The fourth-order valence-corrected chi connectivity index (χ4v) is 3.52. The Labute approximate surface area is 176 Å². The number of fused-ring (bicyclic) bond motifs is 1. The molecule has 3 rings (SSSR count). The van der Waals surface area contributed by atoms with E-state index in [4.69, 9.17) is 9.47 Å². The van der Waals surface area contributed by atoms with E-state index < -0.39 is 0 Å². The van der Waals surface area contributed by atoms with Crippen LogP contribution in [0.2, 0.25) is 0 Å². The zero-order valence-corrected chi connectivity index (χ0v) is 17.9. The Kier molecular flexibility index (Phi) is 6.89. The first-order valence-corrected chi connectivity index (χ1v) is 9.83. The second-order valence-electron chi connectivity index (χ2n) is 7.43. The minimum Gasteiger partial charge on any atom is -0.493 e. The maximum absolute atomic E-state index is 12.8. The predicted molar refractivity (Wildman–Crippen MR) is 114 cm³/mol. The molecule has 1 aromatic heterocycles. The smallest absolute Gasteiger partial charge is 0.239 e. The van der Waals surface area contributed by atoms with Gasteiger partial charge >= 0.3 is 0 Å². The lowest BCUT2D eigenvalue weighted by Crippen LogP contribution is -2.43. The van der Waals surface area contributed by atoms with Crippen LogP contribution in [0.15, 0.2) is 30.3 Å². The number of nitrogens with one attached hydrogen (secondary N) is 1. The van der Waals surface area contributed by atoms with Crippen LogP contribution in [0.4, 0.5) is 5.82 Å². The van der Waals surface area contributed by atoms with Crippen LogP contribution in [0.5, 0.6) is 11.5 Å². The van der Waals surface area contributed by atoms with E-state index in [-0.39, 0.29) is 24.9 Å². The molecule has 0 saturated heterocycles. The third-order valence-corrected chi connectivity index (χ3v) is 5.05.